The minimum absolute atomic E-state index is 0.279. The van der Waals surface area contributed by atoms with Gasteiger partial charge in [0, 0.05) is 12.1 Å². The van der Waals surface area contributed by atoms with E-state index >= 15 is 0 Å². The van der Waals surface area contributed by atoms with Crippen molar-refractivity contribution in [1.82, 2.24) is 9.55 Å². The molecule has 0 aliphatic rings. The first kappa shape index (κ1) is 19.3. The van der Waals surface area contributed by atoms with Crippen LogP contribution in [0.4, 0.5) is 15.8 Å². The average molecular weight is 410 g/mol. The largest absolute Gasteiger partial charge is 0.351 e. The summed E-state index contributed by atoms with van der Waals surface area (Å²) in [5, 5.41) is 5.63. The maximum atomic E-state index is 14.3. The van der Waals surface area contributed by atoms with Crippen LogP contribution >= 0.6 is 0 Å². The Morgan fingerprint density at radius 2 is 1.58 bits per heavy atom. The maximum Gasteiger partial charge on any atom is 0.146 e. The normalized spacial score (nSPS) is 11.3. The number of para-hydroxylation sites is 2. The van der Waals surface area contributed by atoms with Crippen LogP contribution in [0.5, 0.6) is 0 Å². The van der Waals surface area contributed by atoms with Gasteiger partial charge in [0.25, 0.3) is 0 Å². The molecule has 31 heavy (non-hydrogen) atoms. The fourth-order valence-corrected chi connectivity index (χ4v) is 4.12. The van der Waals surface area contributed by atoms with Crippen LogP contribution in [0.1, 0.15) is 19.8 Å². The third-order valence-electron chi connectivity index (χ3n) is 5.69. The Hall–Kier alpha value is -3.66. The number of unbranched alkanes of at least 4 members (excludes halogenated alkanes) is 1. The molecule has 3 nitrogen and oxygen atoms in total. The lowest BCUT2D eigenvalue weighted by atomic mass is 10.0. The topological polar surface area (TPSA) is 29.9 Å². The van der Waals surface area contributed by atoms with Crippen molar-refractivity contribution < 1.29 is 4.39 Å². The molecule has 1 aromatic heterocycles. The second kappa shape index (κ2) is 8.23. The first-order valence-electron chi connectivity index (χ1n) is 10.7. The summed E-state index contributed by atoms with van der Waals surface area (Å²) in [7, 11) is 0. The Bertz CT molecular complexity index is 1360. The van der Waals surface area contributed by atoms with Crippen molar-refractivity contribution in [3.8, 4) is 11.4 Å². The number of nitrogens with one attached hydrogen (secondary N) is 1. The molecule has 0 aliphatic heterocycles. The SMILES string of the molecule is CCCCn1c(-c2cccc3ccccc23)nc2c(Nc3ccccc3F)cccc21. The number of aromatic nitrogens is 2. The molecule has 4 heteroatoms. The van der Waals surface area contributed by atoms with E-state index in [0.717, 1.165) is 47.5 Å². The molecule has 0 atom stereocenters. The number of aryl methyl sites for hydroxylation is 1. The molecule has 1 N–H and O–H groups in total. The van der Waals surface area contributed by atoms with E-state index in [4.69, 9.17) is 4.98 Å². The molecule has 0 bridgehead atoms. The summed E-state index contributed by atoms with van der Waals surface area (Å²) in [6, 6.07) is 27.5. The third kappa shape index (κ3) is 3.55. The van der Waals surface area contributed by atoms with E-state index in [1.54, 1.807) is 12.1 Å². The quantitative estimate of drug-likeness (QED) is 0.314. The number of imidazole rings is 1. The molecule has 5 aromatic rings. The van der Waals surface area contributed by atoms with Crippen LogP contribution in [0.3, 0.4) is 0 Å². The molecule has 0 saturated carbocycles. The van der Waals surface area contributed by atoms with E-state index in [1.807, 2.05) is 18.2 Å². The second-order valence-corrected chi connectivity index (χ2v) is 7.75. The Kier molecular flexibility index (Phi) is 5.13. The van der Waals surface area contributed by atoms with Crippen molar-refractivity contribution in [1.29, 1.82) is 0 Å². The van der Waals surface area contributed by atoms with Gasteiger partial charge < -0.3 is 9.88 Å². The number of rotatable bonds is 6. The van der Waals surface area contributed by atoms with Gasteiger partial charge in [0.1, 0.15) is 17.2 Å². The zero-order chi connectivity index (χ0) is 21.2. The molecule has 0 saturated heterocycles. The van der Waals surface area contributed by atoms with E-state index in [0.29, 0.717) is 5.69 Å². The molecular weight excluding hydrogens is 385 g/mol. The highest BCUT2D eigenvalue weighted by Gasteiger charge is 2.17. The second-order valence-electron chi connectivity index (χ2n) is 7.75. The molecule has 0 spiro atoms. The summed E-state index contributed by atoms with van der Waals surface area (Å²) < 4.78 is 16.6. The highest BCUT2D eigenvalue weighted by atomic mass is 19.1. The standard InChI is InChI=1S/C27H24FN3/c1-2-3-18-31-25-17-9-16-24(29-23-15-7-6-14-22(23)28)26(25)30-27(31)21-13-8-11-19-10-4-5-12-20(19)21/h4-17,29H,2-3,18H2,1H3. The average Bonchev–Trinajstić information content (AvgIpc) is 3.18. The lowest BCUT2D eigenvalue weighted by molar-refractivity contribution is 0.632. The van der Waals surface area contributed by atoms with Crippen LogP contribution in [0.2, 0.25) is 0 Å². The van der Waals surface area contributed by atoms with E-state index in [9.17, 15) is 4.39 Å². The molecule has 1 heterocycles. The van der Waals surface area contributed by atoms with Gasteiger partial charge in [0.15, 0.2) is 0 Å². The van der Waals surface area contributed by atoms with Crippen LogP contribution in [-0.2, 0) is 6.54 Å². The van der Waals surface area contributed by atoms with Gasteiger partial charge in [-0.15, -0.1) is 0 Å². The van der Waals surface area contributed by atoms with Crippen LogP contribution in [0, 0.1) is 5.82 Å². The van der Waals surface area contributed by atoms with Gasteiger partial charge in [-0.05, 0) is 41.5 Å². The summed E-state index contributed by atoms with van der Waals surface area (Å²) in [4.78, 5) is 5.09. The molecule has 0 amide bonds. The highest BCUT2D eigenvalue weighted by Crippen LogP contribution is 2.34. The molecule has 0 aliphatic carbocycles. The van der Waals surface area contributed by atoms with E-state index in [2.05, 4.69) is 65.3 Å². The zero-order valence-corrected chi connectivity index (χ0v) is 17.5. The number of benzene rings is 4. The van der Waals surface area contributed by atoms with Crippen LogP contribution in [-0.4, -0.2) is 9.55 Å². The molecule has 154 valence electrons. The molecular formula is C27H24FN3. The summed E-state index contributed by atoms with van der Waals surface area (Å²) in [5.74, 6) is 0.669. The third-order valence-corrected chi connectivity index (χ3v) is 5.69. The van der Waals surface area contributed by atoms with E-state index in [-0.39, 0.29) is 5.82 Å². The minimum atomic E-state index is -0.279. The van der Waals surface area contributed by atoms with Gasteiger partial charge in [-0.25, -0.2) is 9.37 Å². The number of hydrogen-bond acceptors (Lipinski definition) is 2. The zero-order valence-electron chi connectivity index (χ0n) is 17.5. The predicted molar refractivity (Wildman–Crippen MR) is 127 cm³/mol. The fourth-order valence-electron chi connectivity index (χ4n) is 4.12. The van der Waals surface area contributed by atoms with Crippen LogP contribution in [0.15, 0.2) is 84.9 Å². The predicted octanol–water partition coefficient (Wildman–Crippen LogP) is 7.54. The monoisotopic (exact) mass is 409 g/mol. The van der Waals surface area contributed by atoms with Crippen molar-refractivity contribution in [2.45, 2.75) is 26.3 Å². The molecule has 0 unspecified atom stereocenters. The fraction of sp³-hybridized carbons (Fsp3) is 0.148. The number of hydrogen-bond donors (Lipinski definition) is 1. The van der Waals surface area contributed by atoms with Gasteiger partial charge in [-0.3, -0.25) is 0 Å². The van der Waals surface area contributed by atoms with Crippen molar-refractivity contribution >= 4 is 33.2 Å². The van der Waals surface area contributed by atoms with Crippen LogP contribution < -0.4 is 5.32 Å². The Balaban J connectivity index is 1.72. The number of nitrogens with zero attached hydrogens (tertiary/aromatic N) is 2. The minimum Gasteiger partial charge on any atom is -0.351 e. The van der Waals surface area contributed by atoms with Crippen molar-refractivity contribution in [3.05, 3.63) is 90.7 Å². The molecule has 5 rings (SSSR count). The first-order chi connectivity index (χ1) is 15.3. The number of fused-ring (bicyclic) bond motifs is 2. The van der Waals surface area contributed by atoms with Crippen LogP contribution in [0.25, 0.3) is 33.2 Å². The van der Waals surface area contributed by atoms with E-state index < -0.39 is 0 Å². The van der Waals surface area contributed by atoms with Gasteiger partial charge in [0.2, 0.25) is 0 Å². The lowest BCUT2D eigenvalue weighted by Gasteiger charge is -2.11. The van der Waals surface area contributed by atoms with E-state index in [1.165, 1.54) is 16.8 Å². The van der Waals surface area contributed by atoms with Crippen molar-refractivity contribution in [2.75, 3.05) is 5.32 Å². The first-order valence-corrected chi connectivity index (χ1v) is 10.7. The molecule has 0 fully saturated rings. The number of halogens is 1. The van der Waals surface area contributed by atoms with Crippen molar-refractivity contribution in [3.63, 3.8) is 0 Å². The summed E-state index contributed by atoms with van der Waals surface area (Å²) in [6.45, 7) is 3.08. The maximum absolute atomic E-state index is 14.3. The highest BCUT2D eigenvalue weighted by molar-refractivity contribution is 5.99. The van der Waals surface area contributed by atoms with Gasteiger partial charge in [0.05, 0.1) is 16.9 Å². The van der Waals surface area contributed by atoms with Crippen molar-refractivity contribution in [2.24, 2.45) is 0 Å². The number of anilines is 2. The Labute approximate surface area is 181 Å². The molecule has 0 radical (unpaired) electrons. The molecule has 4 aromatic carbocycles. The summed E-state index contributed by atoms with van der Waals surface area (Å²) in [5.41, 5.74) is 4.27. The summed E-state index contributed by atoms with van der Waals surface area (Å²) >= 11 is 0. The Morgan fingerprint density at radius 1 is 0.839 bits per heavy atom. The lowest BCUT2D eigenvalue weighted by Crippen LogP contribution is -2.01. The van der Waals surface area contributed by atoms with Gasteiger partial charge >= 0.3 is 0 Å². The Morgan fingerprint density at radius 3 is 2.45 bits per heavy atom. The van der Waals surface area contributed by atoms with Gasteiger partial charge in [-0.2, -0.15) is 0 Å². The summed E-state index contributed by atoms with van der Waals surface area (Å²) in [6.07, 6.45) is 2.16. The van der Waals surface area contributed by atoms with Gasteiger partial charge in [-0.1, -0.05) is 74.0 Å². The smallest absolute Gasteiger partial charge is 0.146 e.